The van der Waals surface area contributed by atoms with Crippen LogP contribution in [0.3, 0.4) is 0 Å². The molecular formula is C13H18FN3O. The van der Waals surface area contributed by atoms with E-state index in [1.165, 1.54) is 12.1 Å². The van der Waals surface area contributed by atoms with Gasteiger partial charge in [-0.15, -0.1) is 0 Å². The molecule has 0 saturated carbocycles. The Morgan fingerprint density at radius 3 is 3.00 bits per heavy atom. The first-order valence-corrected chi connectivity index (χ1v) is 6.11. The lowest BCUT2D eigenvalue weighted by molar-refractivity contribution is 0.263. The van der Waals surface area contributed by atoms with E-state index in [9.17, 15) is 4.39 Å². The number of hydrogen-bond donors (Lipinski definition) is 3. The van der Waals surface area contributed by atoms with Crippen molar-refractivity contribution in [3.63, 3.8) is 0 Å². The van der Waals surface area contributed by atoms with Crippen LogP contribution in [0, 0.1) is 17.1 Å². The first-order chi connectivity index (χ1) is 8.61. The average Bonchev–Trinajstić information content (AvgIpc) is 2.78. The number of nitrogen functional groups attached to an aromatic ring is 1. The van der Waals surface area contributed by atoms with Crippen molar-refractivity contribution in [2.75, 3.05) is 24.6 Å². The minimum Gasteiger partial charge on any atom is -0.396 e. The summed E-state index contributed by atoms with van der Waals surface area (Å²) in [5.41, 5.74) is 6.75. The molecule has 98 valence electrons. The molecule has 1 aliphatic heterocycles. The first-order valence-electron chi connectivity index (χ1n) is 6.11. The van der Waals surface area contributed by atoms with Gasteiger partial charge < -0.3 is 15.7 Å². The molecule has 0 spiro atoms. The van der Waals surface area contributed by atoms with Crippen LogP contribution in [0.4, 0.5) is 10.1 Å². The van der Waals surface area contributed by atoms with Gasteiger partial charge in [-0.2, -0.15) is 0 Å². The van der Waals surface area contributed by atoms with Gasteiger partial charge in [0.15, 0.2) is 0 Å². The topological polar surface area (TPSA) is 73.3 Å². The van der Waals surface area contributed by atoms with Crippen molar-refractivity contribution in [1.82, 2.24) is 0 Å². The van der Waals surface area contributed by atoms with Crippen LogP contribution in [0.15, 0.2) is 18.2 Å². The highest BCUT2D eigenvalue weighted by Gasteiger charge is 2.24. The highest BCUT2D eigenvalue weighted by molar-refractivity contribution is 6.00. The molecule has 1 saturated heterocycles. The van der Waals surface area contributed by atoms with Crippen molar-refractivity contribution in [2.45, 2.75) is 12.8 Å². The predicted octanol–water partition coefficient (Wildman–Crippen LogP) is 1.32. The highest BCUT2D eigenvalue weighted by atomic mass is 19.1. The van der Waals surface area contributed by atoms with E-state index >= 15 is 0 Å². The van der Waals surface area contributed by atoms with E-state index in [0.29, 0.717) is 11.5 Å². The standard InChI is InChI=1S/C13H18FN3O/c14-10-1-2-12(11(7-10)13(15)16)17-5-3-9(8-17)4-6-18/h1-2,7,9,18H,3-6,8H2,(H3,15,16). The quantitative estimate of drug-likeness (QED) is 0.558. The molecule has 0 radical (unpaired) electrons. The molecule has 1 aromatic rings. The van der Waals surface area contributed by atoms with E-state index in [0.717, 1.165) is 31.6 Å². The smallest absolute Gasteiger partial charge is 0.125 e. The number of rotatable bonds is 4. The maximum Gasteiger partial charge on any atom is 0.125 e. The largest absolute Gasteiger partial charge is 0.396 e. The monoisotopic (exact) mass is 251 g/mol. The zero-order valence-corrected chi connectivity index (χ0v) is 10.2. The van der Waals surface area contributed by atoms with Crippen molar-refractivity contribution >= 4 is 11.5 Å². The van der Waals surface area contributed by atoms with Gasteiger partial charge in [0, 0.05) is 30.9 Å². The molecule has 4 nitrogen and oxygen atoms in total. The van der Waals surface area contributed by atoms with E-state index in [2.05, 4.69) is 4.90 Å². The fourth-order valence-corrected chi connectivity index (χ4v) is 2.47. The van der Waals surface area contributed by atoms with Gasteiger partial charge in [0.1, 0.15) is 11.7 Å². The summed E-state index contributed by atoms with van der Waals surface area (Å²) in [4.78, 5) is 2.11. The van der Waals surface area contributed by atoms with Crippen LogP contribution in [0.5, 0.6) is 0 Å². The van der Waals surface area contributed by atoms with E-state index in [1.54, 1.807) is 6.07 Å². The minimum absolute atomic E-state index is 0.116. The van der Waals surface area contributed by atoms with Gasteiger partial charge in [-0.1, -0.05) is 0 Å². The van der Waals surface area contributed by atoms with Gasteiger partial charge in [0.25, 0.3) is 0 Å². The number of anilines is 1. The van der Waals surface area contributed by atoms with Gasteiger partial charge >= 0.3 is 0 Å². The zero-order chi connectivity index (χ0) is 13.1. The second-order valence-corrected chi connectivity index (χ2v) is 4.69. The van der Waals surface area contributed by atoms with Crippen LogP contribution in [-0.2, 0) is 0 Å². The van der Waals surface area contributed by atoms with Gasteiger partial charge in [-0.3, -0.25) is 5.41 Å². The van der Waals surface area contributed by atoms with Crippen molar-refractivity contribution in [3.05, 3.63) is 29.6 Å². The lowest BCUT2D eigenvalue weighted by Gasteiger charge is -2.21. The molecule has 0 bridgehead atoms. The van der Waals surface area contributed by atoms with Gasteiger partial charge in [-0.05, 0) is 37.0 Å². The molecule has 4 N–H and O–H groups in total. The van der Waals surface area contributed by atoms with Crippen molar-refractivity contribution < 1.29 is 9.50 Å². The number of hydrogen-bond acceptors (Lipinski definition) is 3. The summed E-state index contributed by atoms with van der Waals surface area (Å²) in [6.07, 6.45) is 1.79. The van der Waals surface area contributed by atoms with E-state index in [-0.39, 0.29) is 18.3 Å². The Labute approximate surface area is 106 Å². The van der Waals surface area contributed by atoms with Crippen molar-refractivity contribution in [3.8, 4) is 0 Å². The second kappa shape index (κ2) is 5.35. The summed E-state index contributed by atoms with van der Waals surface area (Å²) in [6, 6.07) is 4.37. The third-order valence-electron chi connectivity index (χ3n) is 3.41. The first kappa shape index (κ1) is 12.8. The second-order valence-electron chi connectivity index (χ2n) is 4.69. The number of amidine groups is 1. The number of nitrogens with two attached hydrogens (primary N) is 1. The molecule has 1 atom stereocenters. The average molecular weight is 251 g/mol. The maximum absolute atomic E-state index is 13.2. The molecule has 1 aliphatic rings. The predicted molar refractivity (Wildman–Crippen MR) is 69.4 cm³/mol. The van der Waals surface area contributed by atoms with Crippen LogP contribution < -0.4 is 10.6 Å². The Hall–Kier alpha value is -1.62. The summed E-state index contributed by atoms with van der Waals surface area (Å²) in [5.74, 6) is -0.0370. The van der Waals surface area contributed by atoms with Crippen LogP contribution in [0.2, 0.25) is 0 Å². The van der Waals surface area contributed by atoms with Gasteiger partial charge in [0.05, 0.1) is 0 Å². The molecule has 0 aliphatic carbocycles. The van der Waals surface area contributed by atoms with Crippen molar-refractivity contribution in [1.29, 1.82) is 5.41 Å². The lowest BCUT2D eigenvalue weighted by Crippen LogP contribution is -2.24. The van der Waals surface area contributed by atoms with Crippen LogP contribution in [0.1, 0.15) is 18.4 Å². The number of nitrogens with zero attached hydrogens (tertiary/aromatic N) is 1. The number of aliphatic hydroxyl groups is 1. The summed E-state index contributed by atoms with van der Waals surface area (Å²) < 4.78 is 13.2. The van der Waals surface area contributed by atoms with Crippen LogP contribution in [-0.4, -0.2) is 30.6 Å². The molecule has 0 amide bonds. The normalized spacial score (nSPS) is 19.2. The SMILES string of the molecule is N=C(N)c1cc(F)ccc1N1CCC(CCO)C1. The molecule has 18 heavy (non-hydrogen) atoms. The summed E-state index contributed by atoms with van der Waals surface area (Å²) in [5, 5.41) is 16.5. The molecule has 1 heterocycles. The molecule has 1 unspecified atom stereocenters. The van der Waals surface area contributed by atoms with Crippen LogP contribution in [0.25, 0.3) is 0 Å². The van der Waals surface area contributed by atoms with Crippen molar-refractivity contribution in [2.24, 2.45) is 11.7 Å². The third-order valence-corrected chi connectivity index (χ3v) is 3.41. The summed E-state index contributed by atoms with van der Waals surface area (Å²) >= 11 is 0. The maximum atomic E-state index is 13.2. The Bertz CT molecular complexity index is 450. The van der Waals surface area contributed by atoms with Gasteiger partial charge in [-0.25, -0.2) is 4.39 Å². The van der Waals surface area contributed by atoms with E-state index in [1.807, 2.05) is 0 Å². The lowest BCUT2D eigenvalue weighted by atomic mass is 10.1. The summed E-state index contributed by atoms with van der Waals surface area (Å²) in [7, 11) is 0. The fourth-order valence-electron chi connectivity index (χ4n) is 2.47. The minimum atomic E-state index is -0.380. The molecule has 2 rings (SSSR count). The third kappa shape index (κ3) is 2.61. The van der Waals surface area contributed by atoms with E-state index in [4.69, 9.17) is 16.2 Å². The Kier molecular flexibility index (Phi) is 3.81. The number of halogens is 1. The summed E-state index contributed by atoms with van der Waals surface area (Å²) in [6.45, 7) is 1.88. The Morgan fingerprint density at radius 2 is 2.33 bits per heavy atom. The zero-order valence-electron chi connectivity index (χ0n) is 10.2. The molecule has 0 aromatic heterocycles. The molecule has 1 aromatic carbocycles. The van der Waals surface area contributed by atoms with Crippen LogP contribution >= 0.6 is 0 Å². The van der Waals surface area contributed by atoms with E-state index < -0.39 is 0 Å². The number of nitrogens with one attached hydrogen (secondary N) is 1. The highest BCUT2D eigenvalue weighted by Crippen LogP contribution is 2.28. The number of aliphatic hydroxyl groups excluding tert-OH is 1. The molecule has 1 fully saturated rings. The molecular weight excluding hydrogens is 233 g/mol. The Morgan fingerprint density at radius 1 is 1.56 bits per heavy atom. The Balaban J connectivity index is 2.21. The number of benzene rings is 1. The van der Waals surface area contributed by atoms with Gasteiger partial charge in [0.2, 0.25) is 0 Å². The molecule has 5 heteroatoms. The fraction of sp³-hybridized carbons (Fsp3) is 0.462.